The molecule has 2 aliphatic heterocycles. The van der Waals surface area contributed by atoms with Gasteiger partial charge in [-0.3, -0.25) is 24.1 Å². The molecule has 1 saturated heterocycles. The van der Waals surface area contributed by atoms with Crippen molar-refractivity contribution in [2.45, 2.75) is 22.6 Å². The molecule has 8 rings (SSSR count). The Hall–Kier alpha value is -3.89. The Labute approximate surface area is 249 Å². The fraction of sp³-hybridized carbons (Fsp3) is 0.312. The van der Waals surface area contributed by atoms with Crippen molar-refractivity contribution >= 4 is 57.3 Å². The largest absolute Gasteiger partial charge is 0.496 e. The minimum Gasteiger partial charge on any atom is -0.496 e. The molecule has 6 unspecified atom stereocenters. The van der Waals surface area contributed by atoms with Gasteiger partial charge in [0.2, 0.25) is 17.7 Å². The van der Waals surface area contributed by atoms with E-state index in [0.29, 0.717) is 5.69 Å². The first-order chi connectivity index (χ1) is 20.4. The molecule has 3 fully saturated rings. The number of fused-ring (bicyclic) bond motifs is 10. The predicted octanol–water partition coefficient (Wildman–Crippen LogP) is 4.71. The van der Waals surface area contributed by atoms with Crippen LogP contribution in [-0.2, 0) is 14.4 Å². The number of nitrogens with one attached hydrogen (secondary N) is 2. The molecule has 3 aromatic carbocycles. The number of amides is 3. The number of para-hydroxylation sites is 1. The number of carbonyl (C=O) groups is 3. The Bertz CT molecular complexity index is 1840. The lowest BCUT2D eigenvalue weighted by Crippen LogP contribution is -2.42. The van der Waals surface area contributed by atoms with Crippen molar-refractivity contribution in [3.05, 3.63) is 86.8 Å². The molecule has 3 amide bonds. The number of aromatic amines is 1. The first-order valence-corrected chi connectivity index (χ1v) is 15.8. The van der Waals surface area contributed by atoms with Crippen LogP contribution in [0.5, 0.6) is 5.75 Å². The van der Waals surface area contributed by atoms with Gasteiger partial charge >= 0.3 is 4.87 Å². The van der Waals surface area contributed by atoms with E-state index in [1.54, 1.807) is 18.9 Å². The van der Waals surface area contributed by atoms with Crippen LogP contribution in [0.25, 0.3) is 10.8 Å². The zero-order chi connectivity index (χ0) is 28.7. The van der Waals surface area contributed by atoms with Gasteiger partial charge in [0, 0.05) is 32.7 Å². The first kappa shape index (κ1) is 25.8. The SMILES string of the molecule is COc1ccccc1[C@H]1c2sc(=O)[nH]c2SC2C3CC(C4C(=O)N(CC(=O)Nc5cccc6ccccc56)C(=O)C34)C21. The van der Waals surface area contributed by atoms with E-state index in [-0.39, 0.29) is 58.1 Å². The van der Waals surface area contributed by atoms with Crippen molar-refractivity contribution in [1.82, 2.24) is 9.88 Å². The van der Waals surface area contributed by atoms with Gasteiger partial charge < -0.3 is 15.0 Å². The average molecular weight is 598 g/mol. The summed E-state index contributed by atoms with van der Waals surface area (Å²) in [6.45, 7) is -0.299. The van der Waals surface area contributed by atoms with Gasteiger partial charge in [0.05, 0.1) is 24.0 Å². The molecule has 2 aliphatic carbocycles. The fourth-order valence-electron chi connectivity index (χ4n) is 8.17. The van der Waals surface area contributed by atoms with Crippen LogP contribution in [0.1, 0.15) is 22.8 Å². The summed E-state index contributed by atoms with van der Waals surface area (Å²) in [6, 6.07) is 21.3. The van der Waals surface area contributed by atoms with Gasteiger partial charge in [-0.05, 0) is 41.7 Å². The van der Waals surface area contributed by atoms with Crippen LogP contribution >= 0.6 is 23.1 Å². The summed E-state index contributed by atoms with van der Waals surface area (Å²) in [5.41, 5.74) is 1.65. The molecular weight excluding hydrogens is 571 g/mol. The molecule has 8 nitrogen and oxygen atoms in total. The van der Waals surface area contributed by atoms with Crippen LogP contribution in [0.2, 0.25) is 0 Å². The van der Waals surface area contributed by atoms with Crippen LogP contribution in [-0.4, -0.2) is 46.5 Å². The van der Waals surface area contributed by atoms with Gasteiger partial charge in [-0.1, -0.05) is 65.9 Å². The molecule has 2 bridgehead atoms. The molecule has 2 N–H and O–H groups in total. The van der Waals surface area contributed by atoms with Gasteiger partial charge in [0.15, 0.2) is 0 Å². The third kappa shape index (κ3) is 3.67. The van der Waals surface area contributed by atoms with Crippen molar-refractivity contribution in [1.29, 1.82) is 0 Å². The van der Waals surface area contributed by atoms with E-state index in [0.717, 1.165) is 38.4 Å². The number of ether oxygens (including phenoxy) is 1. The number of rotatable bonds is 5. The molecule has 3 heterocycles. The third-order valence-electron chi connectivity index (χ3n) is 9.65. The third-order valence-corrected chi connectivity index (χ3v) is 12.2. The van der Waals surface area contributed by atoms with Crippen LogP contribution in [0, 0.1) is 29.6 Å². The number of thiazole rings is 1. The Morgan fingerprint density at radius 2 is 1.71 bits per heavy atom. The summed E-state index contributed by atoms with van der Waals surface area (Å²) >= 11 is 2.87. The minimum atomic E-state index is -0.455. The van der Waals surface area contributed by atoms with E-state index in [4.69, 9.17) is 4.74 Å². The van der Waals surface area contributed by atoms with Gasteiger partial charge in [0.1, 0.15) is 12.3 Å². The summed E-state index contributed by atoms with van der Waals surface area (Å²) in [5.74, 6) is -1.11. The molecule has 0 spiro atoms. The molecule has 7 atom stereocenters. The second-order valence-corrected chi connectivity index (χ2v) is 13.7. The van der Waals surface area contributed by atoms with E-state index in [9.17, 15) is 19.2 Å². The lowest BCUT2D eigenvalue weighted by atomic mass is 9.68. The Morgan fingerprint density at radius 1 is 0.976 bits per heavy atom. The van der Waals surface area contributed by atoms with Crippen molar-refractivity contribution in [3.63, 3.8) is 0 Å². The fourth-order valence-corrected chi connectivity index (χ4v) is 11.1. The van der Waals surface area contributed by atoms with E-state index >= 15 is 0 Å². The number of nitrogens with zero attached hydrogens (tertiary/aromatic N) is 1. The maximum atomic E-state index is 13.9. The van der Waals surface area contributed by atoms with Crippen molar-refractivity contribution in [2.24, 2.45) is 29.6 Å². The quantitative estimate of drug-likeness (QED) is 0.323. The zero-order valence-electron chi connectivity index (χ0n) is 22.6. The number of methoxy groups -OCH3 is 1. The summed E-state index contributed by atoms with van der Waals surface area (Å²) in [4.78, 5) is 58.5. The average Bonchev–Trinajstić information content (AvgIpc) is 3.73. The number of H-pyrrole nitrogens is 1. The van der Waals surface area contributed by atoms with Crippen molar-refractivity contribution in [2.75, 3.05) is 19.0 Å². The highest BCUT2D eigenvalue weighted by Gasteiger charge is 2.69. The molecule has 4 aliphatic rings. The number of hydrogen-bond acceptors (Lipinski definition) is 7. The van der Waals surface area contributed by atoms with E-state index < -0.39 is 11.8 Å². The summed E-state index contributed by atoms with van der Waals surface area (Å²) in [7, 11) is 1.64. The van der Waals surface area contributed by atoms with Crippen molar-refractivity contribution in [3.8, 4) is 5.75 Å². The maximum absolute atomic E-state index is 13.9. The number of likely N-dealkylation sites (tertiary alicyclic amines) is 1. The summed E-state index contributed by atoms with van der Waals surface area (Å²) in [6.07, 6.45) is 0.788. The van der Waals surface area contributed by atoms with E-state index in [1.165, 1.54) is 16.2 Å². The lowest BCUT2D eigenvalue weighted by molar-refractivity contribution is -0.143. The summed E-state index contributed by atoms with van der Waals surface area (Å²) < 4.78 is 5.75. The number of thioether (sulfide) groups is 1. The maximum Gasteiger partial charge on any atom is 0.305 e. The van der Waals surface area contributed by atoms with Crippen LogP contribution in [0.4, 0.5) is 5.69 Å². The van der Waals surface area contributed by atoms with Gasteiger partial charge in [-0.25, -0.2) is 0 Å². The molecule has 0 radical (unpaired) electrons. The minimum absolute atomic E-state index is 0.00802. The number of imide groups is 1. The van der Waals surface area contributed by atoms with Gasteiger partial charge in [-0.15, -0.1) is 11.8 Å². The molecule has 1 aromatic heterocycles. The zero-order valence-corrected chi connectivity index (χ0v) is 24.2. The second-order valence-electron chi connectivity index (χ2n) is 11.5. The standard InChI is InChI=1S/C32H27N3O5S2/c1-40-21-12-5-4-10-17(21)23-24-18-13-19(27(24)41-29-28(23)42-32(39)34-29)26-25(18)30(37)35(31(26)38)14-22(36)33-20-11-6-8-15-7-2-3-9-16(15)20/h2-12,18-19,23-27H,13-14H2,1H3,(H,33,36)(H,34,39)/t18?,19?,23-,24?,25?,26?,27?/m1/s1. The number of benzene rings is 3. The highest BCUT2D eigenvalue weighted by Crippen LogP contribution is 2.69. The Kier molecular flexibility index (Phi) is 5.88. The van der Waals surface area contributed by atoms with Gasteiger partial charge in [0.25, 0.3) is 0 Å². The normalized spacial score (nSPS) is 29.0. The smallest absolute Gasteiger partial charge is 0.305 e. The monoisotopic (exact) mass is 597 g/mol. The molecular formula is C32H27N3O5S2. The van der Waals surface area contributed by atoms with Crippen LogP contribution < -0.4 is 14.9 Å². The number of carbonyl (C=O) groups excluding carboxylic acids is 3. The first-order valence-electron chi connectivity index (χ1n) is 14.1. The molecule has 212 valence electrons. The topological polar surface area (TPSA) is 109 Å². The number of anilines is 1. The van der Waals surface area contributed by atoms with Crippen molar-refractivity contribution < 1.29 is 19.1 Å². The molecule has 42 heavy (non-hydrogen) atoms. The van der Waals surface area contributed by atoms with E-state index in [1.807, 2.05) is 66.7 Å². The van der Waals surface area contributed by atoms with Gasteiger partial charge in [-0.2, -0.15) is 0 Å². The number of aromatic nitrogens is 1. The highest BCUT2D eigenvalue weighted by molar-refractivity contribution is 8.00. The highest BCUT2D eigenvalue weighted by atomic mass is 32.2. The number of hydrogen-bond donors (Lipinski definition) is 2. The molecule has 4 aromatic rings. The Morgan fingerprint density at radius 3 is 2.55 bits per heavy atom. The molecule has 10 heteroatoms. The predicted molar refractivity (Wildman–Crippen MR) is 161 cm³/mol. The van der Waals surface area contributed by atoms with Crippen LogP contribution in [0.3, 0.4) is 0 Å². The van der Waals surface area contributed by atoms with Crippen LogP contribution in [0.15, 0.2) is 76.6 Å². The lowest BCUT2D eigenvalue weighted by Gasteiger charge is -2.43. The second kappa shape index (κ2) is 9.57. The summed E-state index contributed by atoms with van der Waals surface area (Å²) in [5, 5.41) is 5.75. The molecule has 2 saturated carbocycles. The Balaban J connectivity index is 1.10. The van der Waals surface area contributed by atoms with E-state index in [2.05, 4.69) is 10.3 Å².